The van der Waals surface area contributed by atoms with Crippen molar-refractivity contribution in [2.75, 3.05) is 12.1 Å². The van der Waals surface area contributed by atoms with Crippen molar-refractivity contribution >= 4 is 11.6 Å². The molecule has 1 atom stereocenters. The van der Waals surface area contributed by atoms with Gasteiger partial charge in [0.05, 0.1) is 18.2 Å². The van der Waals surface area contributed by atoms with Crippen LogP contribution in [-0.2, 0) is 11.3 Å². The van der Waals surface area contributed by atoms with Gasteiger partial charge in [-0.1, -0.05) is 12.1 Å². The first-order valence-corrected chi connectivity index (χ1v) is 5.53. The van der Waals surface area contributed by atoms with Crippen LogP contribution in [0.3, 0.4) is 0 Å². The number of carbonyl (C=O) groups excluding carboxylic acids is 1. The Bertz CT molecular complexity index is 374. The highest BCUT2D eigenvalue weighted by atomic mass is 16.2. The number of hydrogen-bond acceptors (Lipinski definition) is 3. The molecule has 1 aromatic carbocycles. The Hall–Kier alpha value is -1.55. The number of hydrazine groups is 1. The Balaban J connectivity index is 2.12. The maximum absolute atomic E-state index is 11.2. The van der Waals surface area contributed by atoms with Gasteiger partial charge < -0.3 is 5.32 Å². The van der Waals surface area contributed by atoms with Crippen LogP contribution < -0.4 is 15.8 Å². The van der Waals surface area contributed by atoms with Gasteiger partial charge in [-0.2, -0.15) is 0 Å². The van der Waals surface area contributed by atoms with Crippen molar-refractivity contribution in [1.29, 1.82) is 0 Å². The topological polar surface area (TPSA) is 44.4 Å². The second kappa shape index (κ2) is 4.53. The molecule has 2 rings (SSSR count). The van der Waals surface area contributed by atoms with Crippen LogP contribution in [0.1, 0.15) is 18.9 Å². The van der Waals surface area contributed by atoms with Gasteiger partial charge in [-0.05, 0) is 31.7 Å². The Labute approximate surface area is 95.6 Å². The lowest BCUT2D eigenvalue weighted by Crippen LogP contribution is -2.36. The quantitative estimate of drug-likeness (QED) is 0.798. The minimum atomic E-state index is 0.0896. The van der Waals surface area contributed by atoms with Crippen LogP contribution in [0.15, 0.2) is 24.3 Å². The average molecular weight is 219 g/mol. The molecule has 0 spiro atoms. The third-order valence-electron chi connectivity index (χ3n) is 2.76. The van der Waals surface area contributed by atoms with E-state index in [0.29, 0.717) is 6.42 Å². The van der Waals surface area contributed by atoms with Crippen LogP contribution in [0.25, 0.3) is 0 Å². The highest BCUT2D eigenvalue weighted by Crippen LogP contribution is 2.20. The lowest BCUT2D eigenvalue weighted by atomic mass is 10.2. The summed E-state index contributed by atoms with van der Waals surface area (Å²) in [7, 11) is 1.93. The lowest BCUT2D eigenvalue weighted by molar-refractivity contribution is -0.119. The van der Waals surface area contributed by atoms with Crippen LogP contribution in [-0.4, -0.2) is 19.0 Å². The fourth-order valence-corrected chi connectivity index (χ4v) is 1.95. The van der Waals surface area contributed by atoms with E-state index in [-0.39, 0.29) is 11.9 Å². The van der Waals surface area contributed by atoms with E-state index in [0.717, 1.165) is 12.2 Å². The second-order valence-corrected chi connectivity index (χ2v) is 4.15. The van der Waals surface area contributed by atoms with E-state index in [2.05, 4.69) is 22.9 Å². The van der Waals surface area contributed by atoms with Crippen molar-refractivity contribution in [1.82, 2.24) is 10.7 Å². The minimum absolute atomic E-state index is 0.0896. The van der Waals surface area contributed by atoms with Gasteiger partial charge in [0.15, 0.2) is 0 Å². The fraction of sp³-hybridized carbons (Fsp3) is 0.417. The van der Waals surface area contributed by atoms with E-state index < -0.39 is 0 Å². The zero-order valence-electron chi connectivity index (χ0n) is 9.66. The number of amides is 1. The summed E-state index contributed by atoms with van der Waals surface area (Å²) in [5, 5.41) is 5.03. The number of nitrogens with zero attached hydrogens (tertiary/aromatic N) is 1. The lowest BCUT2D eigenvalue weighted by Gasteiger charge is -2.22. The van der Waals surface area contributed by atoms with Gasteiger partial charge in [-0.3, -0.25) is 15.2 Å². The number of carbonyl (C=O) groups is 1. The maximum atomic E-state index is 11.2. The molecule has 1 aliphatic rings. The van der Waals surface area contributed by atoms with Gasteiger partial charge in [0, 0.05) is 6.54 Å². The summed E-state index contributed by atoms with van der Waals surface area (Å²) in [6.45, 7) is 2.90. The molecule has 1 unspecified atom stereocenters. The summed E-state index contributed by atoms with van der Waals surface area (Å²) in [6.07, 6.45) is 0.568. The third kappa shape index (κ3) is 2.17. The summed E-state index contributed by atoms with van der Waals surface area (Å²) in [4.78, 5) is 11.2. The van der Waals surface area contributed by atoms with Crippen LogP contribution in [0, 0.1) is 0 Å². The largest absolute Gasteiger partial charge is 0.316 e. The van der Waals surface area contributed by atoms with Crippen molar-refractivity contribution in [2.24, 2.45) is 0 Å². The monoisotopic (exact) mass is 219 g/mol. The Morgan fingerprint density at radius 1 is 1.44 bits per heavy atom. The SMILES string of the molecule is CNCc1ccc(N2NC(=O)CC2C)cc1. The standard InChI is InChI=1S/C12H17N3O/c1-9-7-12(16)14-15(9)11-5-3-10(4-6-11)8-13-2/h3-6,9,13H,7-8H2,1-2H3,(H,14,16). The van der Waals surface area contributed by atoms with Gasteiger partial charge in [0.1, 0.15) is 0 Å². The summed E-state index contributed by atoms with van der Waals surface area (Å²) in [5.41, 5.74) is 5.13. The maximum Gasteiger partial charge on any atom is 0.240 e. The van der Waals surface area contributed by atoms with Crippen molar-refractivity contribution < 1.29 is 4.79 Å². The molecule has 0 saturated carbocycles. The number of hydrogen-bond donors (Lipinski definition) is 2. The van der Waals surface area contributed by atoms with Crippen LogP contribution in [0.5, 0.6) is 0 Å². The molecule has 1 fully saturated rings. The molecule has 1 aliphatic heterocycles. The van der Waals surface area contributed by atoms with E-state index in [1.807, 2.05) is 31.1 Å². The number of benzene rings is 1. The smallest absolute Gasteiger partial charge is 0.240 e. The molecular weight excluding hydrogens is 202 g/mol. The van der Waals surface area contributed by atoms with E-state index in [9.17, 15) is 4.79 Å². The zero-order chi connectivity index (χ0) is 11.5. The number of anilines is 1. The molecule has 0 aliphatic carbocycles. The van der Waals surface area contributed by atoms with E-state index in [4.69, 9.17) is 0 Å². The molecule has 1 aromatic rings. The van der Waals surface area contributed by atoms with Crippen molar-refractivity contribution in [3.8, 4) is 0 Å². The zero-order valence-corrected chi connectivity index (χ0v) is 9.66. The molecule has 1 saturated heterocycles. The molecule has 4 nitrogen and oxygen atoms in total. The predicted molar refractivity (Wildman–Crippen MR) is 63.9 cm³/mol. The molecule has 0 radical (unpaired) electrons. The predicted octanol–water partition coefficient (Wildman–Crippen LogP) is 1.04. The third-order valence-corrected chi connectivity index (χ3v) is 2.76. The Morgan fingerprint density at radius 2 is 2.12 bits per heavy atom. The highest BCUT2D eigenvalue weighted by molar-refractivity contribution is 5.82. The molecule has 86 valence electrons. The highest BCUT2D eigenvalue weighted by Gasteiger charge is 2.26. The molecule has 16 heavy (non-hydrogen) atoms. The van der Waals surface area contributed by atoms with E-state index in [1.54, 1.807) is 0 Å². The summed E-state index contributed by atoms with van der Waals surface area (Å²) in [5.74, 6) is 0.0896. The first kappa shape index (κ1) is 11.0. The van der Waals surface area contributed by atoms with E-state index in [1.165, 1.54) is 5.56 Å². The molecule has 1 heterocycles. The average Bonchev–Trinajstić information content (AvgIpc) is 2.59. The molecule has 1 amide bonds. The summed E-state index contributed by atoms with van der Waals surface area (Å²) in [6, 6.07) is 8.44. The van der Waals surface area contributed by atoms with Crippen LogP contribution in [0.2, 0.25) is 0 Å². The number of nitrogens with one attached hydrogen (secondary N) is 2. The van der Waals surface area contributed by atoms with Crippen LogP contribution in [0.4, 0.5) is 5.69 Å². The number of rotatable bonds is 3. The van der Waals surface area contributed by atoms with Crippen LogP contribution >= 0.6 is 0 Å². The van der Waals surface area contributed by atoms with E-state index >= 15 is 0 Å². The van der Waals surface area contributed by atoms with Gasteiger partial charge in [-0.25, -0.2) is 0 Å². The van der Waals surface area contributed by atoms with Gasteiger partial charge in [0.2, 0.25) is 5.91 Å². The molecule has 4 heteroatoms. The minimum Gasteiger partial charge on any atom is -0.316 e. The Kier molecular flexibility index (Phi) is 3.10. The fourth-order valence-electron chi connectivity index (χ4n) is 1.95. The normalized spacial score (nSPS) is 20.0. The molecule has 0 aromatic heterocycles. The van der Waals surface area contributed by atoms with Crippen molar-refractivity contribution in [3.63, 3.8) is 0 Å². The molecule has 0 bridgehead atoms. The first-order valence-electron chi connectivity index (χ1n) is 5.53. The van der Waals surface area contributed by atoms with Gasteiger partial charge >= 0.3 is 0 Å². The second-order valence-electron chi connectivity index (χ2n) is 4.15. The molecular formula is C12H17N3O. The van der Waals surface area contributed by atoms with Crippen molar-refractivity contribution in [3.05, 3.63) is 29.8 Å². The van der Waals surface area contributed by atoms with Gasteiger partial charge in [-0.15, -0.1) is 0 Å². The van der Waals surface area contributed by atoms with Crippen molar-refractivity contribution in [2.45, 2.75) is 25.9 Å². The van der Waals surface area contributed by atoms with Gasteiger partial charge in [0.25, 0.3) is 0 Å². The Morgan fingerprint density at radius 3 is 2.62 bits per heavy atom. The first-order chi connectivity index (χ1) is 7.70. The molecule has 2 N–H and O–H groups in total. The summed E-state index contributed by atoms with van der Waals surface area (Å²) >= 11 is 0. The summed E-state index contributed by atoms with van der Waals surface area (Å²) < 4.78 is 0.